The standard InChI is InChI=1S/C23H21BrO4/c24-18-10-8-14(9-11-18)19(25)13-28-23(27)21-17-7-6-16(12-17)20(21)22(26)15-4-2-1-3-5-15/h1-5,8-11,16-17,20-21H,6-7,12-13H2/t16-,17-,20+,21+/m0/s1. The number of rotatable bonds is 6. The van der Waals surface area contributed by atoms with E-state index in [1.54, 1.807) is 36.4 Å². The second kappa shape index (κ2) is 8.00. The second-order valence-corrected chi connectivity index (χ2v) is 8.57. The van der Waals surface area contributed by atoms with Crippen LogP contribution >= 0.6 is 15.9 Å². The number of ether oxygens (including phenoxy) is 1. The Hall–Kier alpha value is -2.27. The fourth-order valence-electron chi connectivity index (χ4n) is 4.75. The summed E-state index contributed by atoms with van der Waals surface area (Å²) in [5.74, 6) is -0.994. The summed E-state index contributed by atoms with van der Waals surface area (Å²) in [6.07, 6.45) is 2.82. The average molecular weight is 441 g/mol. The monoisotopic (exact) mass is 440 g/mol. The molecule has 0 saturated heterocycles. The van der Waals surface area contributed by atoms with Crippen LogP contribution in [0.5, 0.6) is 0 Å². The number of ketones is 2. The van der Waals surface area contributed by atoms with Crippen molar-refractivity contribution in [3.8, 4) is 0 Å². The van der Waals surface area contributed by atoms with Gasteiger partial charge in [-0.15, -0.1) is 0 Å². The molecule has 4 atom stereocenters. The molecule has 28 heavy (non-hydrogen) atoms. The highest BCUT2D eigenvalue weighted by Gasteiger charge is 2.54. The lowest BCUT2D eigenvalue weighted by atomic mass is 9.75. The van der Waals surface area contributed by atoms with Gasteiger partial charge in [-0.05, 0) is 43.2 Å². The van der Waals surface area contributed by atoms with E-state index in [4.69, 9.17) is 4.74 Å². The van der Waals surface area contributed by atoms with Gasteiger partial charge in [0.25, 0.3) is 0 Å². The number of carbonyl (C=O) groups excluding carboxylic acids is 3. The number of hydrogen-bond acceptors (Lipinski definition) is 4. The third kappa shape index (κ3) is 3.68. The van der Waals surface area contributed by atoms with E-state index >= 15 is 0 Å². The van der Waals surface area contributed by atoms with E-state index in [1.807, 2.05) is 18.2 Å². The number of Topliss-reactive ketones (excluding diaryl/α,β-unsaturated/α-hetero) is 2. The van der Waals surface area contributed by atoms with Gasteiger partial charge in [-0.1, -0.05) is 58.4 Å². The highest BCUT2D eigenvalue weighted by molar-refractivity contribution is 9.10. The van der Waals surface area contributed by atoms with Crippen LogP contribution in [0.1, 0.15) is 40.0 Å². The predicted molar refractivity (Wildman–Crippen MR) is 108 cm³/mol. The summed E-state index contributed by atoms with van der Waals surface area (Å²) in [4.78, 5) is 38.2. The average Bonchev–Trinajstić information content (AvgIpc) is 3.34. The number of hydrogen-bond donors (Lipinski definition) is 0. The molecule has 0 heterocycles. The van der Waals surface area contributed by atoms with Crippen LogP contribution in [0.15, 0.2) is 59.1 Å². The summed E-state index contributed by atoms with van der Waals surface area (Å²) in [5.41, 5.74) is 1.14. The Morgan fingerprint density at radius 3 is 2.18 bits per heavy atom. The van der Waals surface area contributed by atoms with Gasteiger partial charge < -0.3 is 4.74 Å². The van der Waals surface area contributed by atoms with Gasteiger partial charge in [-0.3, -0.25) is 14.4 Å². The van der Waals surface area contributed by atoms with Gasteiger partial charge in [0.15, 0.2) is 18.2 Å². The summed E-state index contributed by atoms with van der Waals surface area (Å²) in [6, 6.07) is 16.1. The lowest BCUT2D eigenvalue weighted by molar-refractivity contribution is -0.150. The van der Waals surface area contributed by atoms with E-state index in [0.29, 0.717) is 11.1 Å². The third-order valence-electron chi connectivity index (χ3n) is 6.06. The second-order valence-electron chi connectivity index (χ2n) is 7.65. The topological polar surface area (TPSA) is 60.4 Å². The Bertz CT molecular complexity index is 891. The first-order valence-corrected chi connectivity index (χ1v) is 10.4. The smallest absolute Gasteiger partial charge is 0.310 e. The largest absolute Gasteiger partial charge is 0.457 e. The first kappa shape index (κ1) is 19.1. The fraction of sp³-hybridized carbons (Fsp3) is 0.348. The van der Waals surface area contributed by atoms with Gasteiger partial charge in [-0.25, -0.2) is 0 Å². The lowest BCUT2D eigenvalue weighted by Gasteiger charge is -2.28. The highest BCUT2D eigenvalue weighted by Crippen LogP contribution is 2.53. The number of benzene rings is 2. The van der Waals surface area contributed by atoms with Crippen molar-refractivity contribution >= 4 is 33.5 Å². The molecule has 144 valence electrons. The van der Waals surface area contributed by atoms with E-state index in [-0.39, 0.29) is 35.9 Å². The molecule has 2 saturated carbocycles. The minimum absolute atomic E-state index is 0.0222. The maximum atomic E-state index is 13.1. The maximum Gasteiger partial charge on any atom is 0.310 e. The predicted octanol–water partition coefficient (Wildman–Crippen LogP) is 4.72. The van der Waals surface area contributed by atoms with Gasteiger partial charge in [0, 0.05) is 21.5 Å². The summed E-state index contributed by atoms with van der Waals surface area (Å²) in [5, 5.41) is 0. The molecular weight excluding hydrogens is 420 g/mol. The van der Waals surface area contributed by atoms with Gasteiger partial charge >= 0.3 is 5.97 Å². The Morgan fingerprint density at radius 1 is 0.857 bits per heavy atom. The van der Waals surface area contributed by atoms with Crippen LogP contribution in [0.4, 0.5) is 0 Å². The molecule has 2 aromatic rings. The minimum atomic E-state index is -0.441. The van der Waals surface area contributed by atoms with E-state index in [2.05, 4.69) is 15.9 Å². The van der Waals surface area contributed by atoms with Gasteiger partial charge in [-0.2, -0.15) is 0 Å². The van der Waals surface area contributed by atoms with Crippen molar-refractivity contribution in [2.45, 2.75) is 19.3 Å². The Morgan fingerprint density at radius 2 is 1.50 bits per heavy atom. The highest BCUT2D eigenvalue weighted by atomic mass is 79.9. The summed E-state index contributed by atoms with van der Waals surface area (Å²) in [6.45, 7) is -0.291. The molecule has 2 aromatic carbocycles. The molecule has 0 radical (unpaired) electrons. The van der Waals surface area contributed by atoms with Crippen molar-refractivity contribution in [3.63, 3.8) is 0 Å². The molecule has 2 aliphatic carbocycles. The minimum Gasteiger partial charge on any atom is -0.457 e. The molecule has 2 bridgehead atoms. The van der Waals surface area contributed by atoms with Crippen LogP contribution in [-0.2, 0) is 9.53 Å². The van der Waals surface area contributed by atoms with Crippen LogP contribution in [0, 0.1) is 23.7 Å². The van der Waals surface area contributed by atoms with E-state index in [1.165, 1.54) is 0 Å². The fourth-order valence-corrected chi connectivity index (χ4v) is 5.02. The van der Waals surface area contributed by atoms with Gasteiger partial charge in [0.05, 0.1) is 5.92 Å². The zero-order valence-electron chi connectivity index (χ0n) is 15.3. The molecule has 0 amide bonds. The SMILES string of the molecule is O=C(COC(=O)[C@@H]1[C@H]2CC[C@@H](C2)[C@H]1C(=O)c1ccccc1)c1ccc(Br)cc1. The van der Waals surface area contributed by atoms with Crippen molar-refractivity contribution < 1.29 is 19.1 Å². The van der Waals surface area contributed by atoms with Crippen LogP contribution in [0.25, 0.3) is 0 Å². The van der Waals surface area contributed by atoms with Gasteiger partial charge in [0.2, 0.25) is 0 Å². The van der Waals surface area contributed by atoms with Crippen LogP contribution in [0.3, 0.4) is 0 Å². The van der Waals surface area contributed by atoms with Crippen molar-refractivity contribution in [2.24, 2.45) is 23.7 Å². The molecule has 4 rings (SSSR count). The third-order valence-corrected chi connectivity index (χ3v) is 6.59. The Balaban J connectivity index is 1.45. The van der Waals surface area contributed by atoms with E-state index < -0.39 is 11.9 Å². The molecule has 5 heteroatoms. The Labute approximate surface area is 172 Å². The quantitative estimate of drug-likeness (QED) is 0.481. The van der Waals surface area contributed by atoms with Crippen molar-refractivity contribution in [3.05, 3.63) is 70.2 Å². The first-order valence-electron chi connectivity index (χ1n) is 9.59. The molecule has 0 aliphatic heterocycles. The lowest BCUT2D eigenvalue weighted by Crippen LogP contribution is -2.36. The normalized spacial score (nSPS) is 25.5. The van der Waals surface area contributed by atoms with E-state index in [9.17, 15) is 14.4 Å². The molecule has 0 unspecified atom stereocenters. The Kier molecular flexibility index (Phi) is 5.44. The summed E-state index contributed by atoms with van der Waals surface area (Å²) in [7, 11) is 0. The molecular formula is C23H21BrO4. The van der Waals surface area contributed by atoms with Crippen molar-refractivity contribution in [1.82, 2.24) is 0 Å². The number of halogens is 1. The number of carbonyl (C=O) groups is 3. The zero-order valence-corrected chi connectivity index (χ0v) is 16.9. The maximum absolute atomic E-state index is 13.1. The first-order chi connectivity index (χ1) is 13.5. The van der Waals surface area contributed by atoms with E-state index in [0.717, 1.165) is 23.7 Å². The molecule has 2 fully saturated rings. The van der Waals surface area contributed by atoms with Crippen LogP contribution in [-0.4, -0.2) is 24.1 Å². The number of fused-ring (bicyclic) bond motifs is 2. The molecule has 0 spiro atoms. The zero-order chi connectivity index (χ0) is 19.7. The number of esters is 1. The van der Waals surface area contributed by atoms with Crippen molar-refractivity contribution in [1.29, 1.82) is 0 Å². The van der Waals surface area contributed by atoms with Crippen LogP contribution < -0.4 is 0 Å². The molecule has 2 aliphatic rings. The van der Waals surface area contributed by atoms with Gasteiger partial charge in [0.1, 0.15) is 0 Å². The summed E-state index contributed by atoms with van der Waals surface area (Å²) < 4.78 is 6.27. The molecule has 0 N–H and O–H groups in total. The molecule has 4 nitrogen and oxygen atoms in total. The van der Waals surface area contributed by atoms with Crippen molar-refractivity contribution in [2.75, 3.05) is 6.61 Å². The molecule has 0 aromatic heterocycles. The van der Waals surface area contributed by atoms with Crippen LogP contribution in [0.2, 0.25) is 0 Å². The summed E-state index contributed by atoms with van der Waals surface area (Å²) >= 11 is 3.33.